The standard InChI is InChI=1S/C8H10N/c1-2-4-8-7(3-1)5-6-9-8/h3,5-6,9H,1-2,4H2. The van der Waals surface area contributed by atoms with Crippen LogP contribution in [-0.4, -0.2) is 4.98 Å². The fourth-order valence-electron chi connectivity index (χ4n) is 1.36. The zero-order valence-corrected chi connectivity index (χ0v) is 5.35. The van der Waals surface area contributed by atoms with Crippen LogP contribution < -0.4 is 0 Å². The van der Waals surface area contributed by atoms with E-state index < -0.39 is 0 Å². The lowest BCUT2D eigenvalue weighted by Crippen LogP contribution is -1.97. The highest BCUT2D eigenvalue weighted by Crippen LogP contribution is 2.20. The van der Waals surface area contributed by atoms with Crippen molar-refractivity contribution in [2.24, 2.45) is 0 Å². The van der Waals surface area contributed by atoms with E-state index in [4.69, 9.17) is 0 Å². The van der Waals surface area contributed by atoms with Crippen molar-refractivity contribution < 1.29 is 0 Å². The van der Waals surface area contributed by atoms with E-state index in [-0.39, 0.29) is 0 Å². The minimum Gasteiger partial charge on any atom is -0.365 e. The largest absolute Gasteiger partial charge is 0.365 e. The molecule has 1 nitrogen and oxygen atoms in total. The van der Waals surface area contributed by atoms with E-state index in [1.54, 1.807) is 0 Å². The van der Waals surface area contributed by atoms with Gasteiger partial charge in [0.25, 0.3) is 0 Å². The zero-order chi connectivity index (χ0) is 6.10. The Morgan fingerprint density at radius 3 is 3.33 bits per heavy atom. The summed E-state index contributed by atoms with van der Waals surface area (Å²) >= 11 is 0. The topological polar surface area (TPSA) is 15.8 Å². The van der Waals surface area contributed by atoms with E-state index in [2.05, 4.69) is 17.5 Å². The van der Waals surface area contributed by atoms with Crippen LogP contribution in [0.4, 0.5) is 0 Å². The van der Waals surface area contributed by atoms with E-state index in [0.717, 1.165) is 0 Å². The number of nitrogens with one attached hydrogen (secondary N) is 1. The van der Waals surface area contributed by atoms with Crippen molar-refractivity contribution in [1.82, 2.24) is 4.98 Å². The molecule has 0 spiro atoms. The van der Waals surface area contributed by atoms with Crippen LogP contribution in [0.15, 0.2) is 12.3 Å². The van der Waals surface area contributed by atoms with Gasteiger partial charge in [0.1, 0.15) is 0 Å². The second-order valence-corrected chi connectivity index (χ2v) is 2.51. The first-order valence-electron chi connectivity index (χ1n) is 3.46. The van der Waals surface area contributed by atoms with Crippen LogP contribution in [0.2, 0.25) is 0 Å². The molecule has 0 saturated heterocycles. The number of aryl methyl sites for hydroxylation is 1. The smallest absolute Gasteiger partial charge is 0.0182 e. The average molecular weight is 120 g/mol. The number of hydrogen-bond acceptors (Lipinski definition) is 0. The van der Waals surface area contributed by atoms with Crippen molar-refractivity contribution >= 4 is 0 Å². The van der Waals surface area contributed by atoms with Gasteiger partial charge in [-0.15, -0.1) is 0 Å². The maximum atomic E-state index is 3.23. The molecule has 1 radical (unpaired) electrons. The summed E-state index contributed by atoms with van der Waals surface area (Å²) in [5, 5.41) is 0. The second kappa shape index (κ2) is 1.90. The van der Waals surface area contributed by atoms with Gasteiger partial charge in [0.05, 0.1) is 0 Å². The van der Waals surface area contributed by atoms with Crippen molar-refractivity contribution in [2.45, 2.75) is 19.3 Å². The summed E-state index contributed by atoms with van der Waals surface area (Å²) in [4.78, 5) is 3.23. The third-order valence-corrected chi connectivity index (χ3v) is 1.86. The highest BCUT2D eigenvalue weighted by Gasteiger charge is 2.08. The van der Waals surface area contributed by atoms with Crippen LogP contribution in [0.1, 0.15) is 24.1 Å². The van der Waals surface area contributed by atoms with Crippen LogP contribution in [-0.2, 0) is 6.42 Å². The summed E-state index contributed by atoms with van der Waals surface area (Å²) in [6.45, 7) is 0. The molecule has 0 saturated carbocycles. The summed E-state index contributed by atoms with van der Waals surface area (Å²) in [5.41, 5.74) is 2.84. The molecule has 1 aromatic heterocycles. The van der Waals surface area contributed by atoms with Gasteiger partial charge in [-0.1, -0.05) is 0 Å². The predicted octanol–water partition coefficient (Wildman–Crippen LogP) is 1.90. The summed E-state index contributed by atoms with van der Waals surface area (Å²) in [5.74, 6) is 0. The van der Waals surface area contributed by atoms with Gasteiger partial charge in [0, 0.05) is 11.9 Å². The molecule has 1 heteroatoms. The first-order valence-corrected chi connectivity index (χ1v) is 3.46. The Hall–Kier alpha value is -0.720. The van der Waals surface area contributed by atoms with Crippen molar-refractivity contribution in [1.29, 1.82) is 0 Å². The molecule has 0 atom stereocenters. The van der Waals surface area contributed by atoms with Crippen LogP contribution in [0.3, 0.4) is 0 Å². The monoisotopic (exact) mass is 120 g/mol. The van der Waals surface area contributed by atoms with Crippen LogP contribution in [0.25, 0.3) is 0 Å². The van der Waals surface area contributed by atoms with Crippen molar-refractivity contribution in [3.63, 3.8) is 0 Å². The fourth-order valence-corrected chi connectivity index (χ4v) is 1.36. The Bertz CT molecular complexity index is 180. The molecule has 2 rings (SSSR count). The summed E-state index contributed by atoms with van der Waals surface area (Å²) in [7, 11) is 0. The normalized spacial score (nSPS) is 17.3. The lowest BCUT2D eigenvalue weighted by molar-refractivity contribution is 0.761. The second-order valence-electron chi connectivity index (χ2n) is 2.51. The molecule has 0 amide bonds. The number of hydrogen-bond donors (Lipinski definition) is 1. The molecule has 1 heterocycles. The quantitative estimate of drug-likeness (QED) is 0.538. The zero-order valence-electron chi connectivity index (χ0n) is 5.35. The first-order chi connectivity index (χ1) is 4.47. The van der Waals surface area contributed by atoms with Crippen LogP contribution >= 0.6 is 0 Å². The van der Waals surface area contributed by atoms with Crippen molar-refractivity contribution in [2.75, 3.05) is 0 Å². The lowest BCUT2D eigenvalue weighted by atomic mass is 9.98. The Morgan fingerprint density at radius 2 is 2.44 bits per heavy atom. The van der Waals surface area contributed by atoms with Gasteiger partial charge in [-0.25, -0.2) is 0 Å². The summed E-state index contributed by atoms with van der Waals surface area (Å²) in [6.07, 6.45) is 8.12. The highest BCUT2D eigenvalue weighted by molar-refractivity contribution is 5.30. The third kappa shape index (κ3) is 0.766. The molecular weight excluding hydrogens is 110 g/mol. The van der Waals surface area contributed by atoms with E-state index in [1.165, 1.54) is 30.5 Å². The molecule has 0 bridgehead atoms. The van der Waals surface area contributed by atoms with Crippen molar-refractivity contribution in [3.8, 4) is 0 Å². The minimum absolute atomic E-state index is 1.23. The molecule has 1 aromatic rings. The number of aromatic nitrogens is 1. The van der Waals surface area contributed by atoms with Gasteiger partial charge < -0.3 is 4.98 Å². The molecule has 0 aliphatic heterocycles. The molecule has 0 fully saturated rings. The minimum atomic E-state index is 1.23. The molecule has 0 aromatic carbocycles. The fraction of sp³-hybridized carbons (Fsp3) is 0.375. The Morgan fingerprint density at radius 1 is 1.44 bits per heavy atom. The third-order valence-electron chi connectivity index (χ3n) is 1.86. The Labute approximate surface area is 55.1 Å². The highest BCUT2D eigenvalue weighted by atomic mass is 14.7. The van der Waals surface area contributed by atoms with Gasteiger partial charge in [-0.05, 0) is 37.3 Å². The number of fused-ring (bicyclic) bond motifs is 1. The van der Waals surface area contributed by atoms with E-state index in [9.17, 15) is 0 Å². The van der Waals surface area contributed by atoms with E-state index in [1.807, 2.05) is 6.20 Å². The SMILES string of the molecule is [CH]1CCCc2[nH]ccc21. The lowest BCUT2D eigenvalue weighted by Gasteiger charge is -2.08. The Kier molecular flexibility index (Phi) is 1.08. The van der Waals surface area contributed by atoms with Gasteiger partial charge in [0.2, 0.25) is 0 Å². The van der Waals surface area contributed by atoms with Crippen LogP contribution in [0.5, 0.6) is 0 Å². The number of aromatic amines is 1. The molecule has 47 valence electrons. The van der Waals surface area contributed by atoms with Gasteiger partial charge in [-0.2, -0.15) is 0 Å². The summed E-state index contributed by atoms with van der Waals surface area (Å²) in [6, 6.07) is 2.15. The molecule has 1 aliphatic carbocycles. The van der Waals surface area contributed by atoms with Gasteiger partial charge in [0.15, 0.2) is 0 Å². The predicted molar refractivity (Wildman–Crippen MR) is 37.1 cm³/mol. The molecule has 1 aliphatic rings. The molecular formula is C8H10N. The first kappa shape index (κ1) is 5.10. The van der Waals surface area contributed by atoms with E-state index in [0.29, 0.717) is 0 Å². The van der Waals surface area contributed by atoms with Crippen LogP contribution in [0, 0.1) is 6.42 Å². The van der Waals surface area contributed by atoms with E-state index >= 15 is 0 Å². The number of H-pyrrole nitrogens is 1. The number of rotatable bonds is 0. The van der Waals surface area contributed by atoms with Crippen molar-refractivity contribution in [3.05, 3.63) is 29.9 Å². The maximum absolute atomic E-state index is 3.23. The molecule has 0 unspecified atom stereocenters. The molecule has 1 N–H and O–H groups in total. The molecule has 9 heavy (non-hydrogen) atoms. The average Bonchev–Trinajstić information content (AvgIpc) is 2.33. The Balaban J connectivity index is 2.39. The van der Waals surface area contributed by atoms with Gasteiger partial charge in [-0.3, -0.25) is 0 Å². The maximum Gasteiger partial charge on any atom is 0.0182 e. The summed E-state index contributed by atoms with van der Waals surface area (Å²) < 4.78 is 0. The van der Waals surface area contributed by atoms with Gasteiger partial charge >= 0.3 is 0 Å².